The van der Waals surface area contributed by atoms with Crippen molar-refractivity contribution in [2.45, 2.75) is 45.5 Å². The van der Waals surface area contributed by atoms with Crippen molar-refractivity contribution in [3.05, 3.63) is 11.5 Å². The molecule has 23 heavy (non-hydrogen) atoms. The van der Waals surface area contributed by atoms with Crippen molar-refractivity contribution < 1.29 is 22.7 Å². The van der Waals surface area contributed by atoms with E-state index >= 15 is 0 Å². The fourth-order valence-electron chi connectivity index (χ4n) is 4.44. The second kappa shape index (κ2) is 4.45. The number of piperidine rings is 1. The van der Waals surface area contributed by atoms with Crippen LogP contribution in [-0.4, -0.2) is 36.6 Å². The first kappa shape index (κ1) is 14.9. The summed E-state index contributed by atoms with van der Waals surface area (Å²) >= 11 is 0. The molecule has 0 atom stereocenters. The van der Waals surface area contributed by atoms with Gasteiger partial charge in [-0.15, -0.1) is 0 Å². The monoisotopic (exact) mass is 326 g/mol. The molecule has 0 N–H and O–H groups in total. The number of aryl methyl sites for hydroxylation is 1. The molecule has 1 aliphatic heterocycles. The van der Waals surface area contributed by atoms with E-state index in [0.717, 1.165) is 0 Å². The number of rotatable bonds is 3. The number of hydrogen-bond acceptors (Lipinski definition) is 5. The van der Waals surface area contributed by atoms with Gasteiger partial charge < -0.3 is 14.1 Å². The molecule has 0 radical (unpaired) electrons. The molecule has 2 aliphatic carbocycles. The van der Waals surface area contributed by atoms with Gasteiger partial charge in [-0.25, -0.2) is 13.6 Å². The summed E-state index contributed by atoms with van der Waals surface area (Å²) in [6, 6.07) is 0.328. The Balaban J connectivity index is 1.48. The third-order valence-corrected chi connectivity index (χ3v) is 5.95. The van der Waals surface area contributed by atoms with Crippen molar-refractivity contribution in [1.29, 1.82) is 0 Å². The fourth-order valence-corrected chi connectivity index (χ4v) is 4.44. The van der Waals surface area contributed by atoms with E-state index < -0.39 is 22.7 Å². The van der Waals surface area contributed by atoms with E-state index in [4.69, 9.17) is 9.15 Å². The highest BCUT2D eigenvalue weighted by Crippen LogP contribution is 2.89. The molecule has 0 aromatic carbocycles. The Morgan fingerprint density at radius 3 is 2.39 bits per heavy atom. The molecule has 0 bridgehead atoms. The summed E-state index contributed by atoms with van der Waals surface area (Å²) in [6.45, 7) is 4.62. The Morgan fingerprint density at radius 1 is 1.26 bits per heavy atom. The van der Waals surface area contributed by atoms with Crippen LogP contribution < -0.4 is 4.90 Å². The maximum absolute atomic E-state index is 14.2. The van der Waals surface area contributed by atoms with Gasteiger partial charge in [-0.2, -0.15) is 4.98 Å². The fraction of sp³-hybridized carbons (Fsp3) is 0.750. The SMILES string of the molecule is CCOC(=O)c1nc(N2CCC3(CC2)C(F)(F)C32CC2)oc1C. The van der Waals surface area contributed by atoms with E-state index in [2.05, 4.69) is 4.98 Å². The summed E-state index contributed by atoms with van der Waals surface area (Å²) in [5, 5.41) is 0. The molecule has 7 heteroatoms. The van der Waals surface area contributed by atoms with Gasteiger partial charge in [0.05, 0.1) is 6.61 Å². The lowest BCUT2D eigenvalue weighted by Gasteiger charge is -2.31. The number of oxazole rings is 1. The third-order valence-electron chi connectivity index (χ3n) is 5.95. The molecule has 1 saturated heterocycles. The van der Waals surface area contributed by atoms with Crippen molar-refractivity contribution in [2.24, 2.45) is 10.8 Å². The van der Waals surface area contributed by atoms with Crippen LogP contribution in [0.25, 0.3) is 0 Å². The zero-order valence-electron chi connectivity index (χ0n) is 13.3. The highest BCUT2D eigenvalue weighted by molar-refractivity contribution is 5.88. The maximum atomic E-state index is 14.2. The summed E-state index contributed by atoms with van der Waals surface area (Å²) in [5.41, 5.74) is -1.34. The first-order valence-electron chi connectivity index (χ1n) is 8.16. The standard InChI is InChI=1S/C16H20F2N2O3/c1-3-22-12(21)11-10(2)23-13(19-11)20-8-6-15(7-9-20)14(4-5-14)16(15,17)18/h3-9H2,1-2H3. The molecule has 3 aliphatic rings. The predicted molar refractivity (Wildman–Crippen MR) is 77.7 cm³/mol. The highest BCUT2D eigenvalue weighted by atomic mass is 19.3. The molecule has 1 aromatic heterocycles. The van der Waals surface area contributed by atoms with E-state index in [9.17, 15) is 13.6 Å². The molecule has 126 valence electrons. The van der Waals surface area contributed by atoms with E-state index in [1.165, 1.54) is 0 Å². The molecule has 0 unspecified atom stereocenters. The van der Waals surface area contributed by atoms with Gasteiger partial charge in [-0.05, 0) is 39.5 Å². The van der Waals surface area contributed by atoms with E-state index in [-0.39, 0.29) is 12.3 Å². The number of carbonyl (C=O) groups excluding carboxylic acids is 1. The number of aromatic nitrogens is 1. The lowest BCUT2D eigenvalue weighted by atomic mass is 9.89. The van der Waals surface area contributed by atoms with Gasteiger partial charge in [0.2, 0.25) is 0 Å². The number of halogens is 2. The van der Waals surface area contributed by atoms with Crippen LogP contribution in [0.5, 0.6) is 0 Å². The minimum Gasteiger partial charge on any atom is -0.461 e. The minimum atomic E-state index is -2.51. The van der Waals surface area contributed by atoms with Gasteiger partial charge in [0, 0.05) is 23.9 Å². The zero-order chi connectivity index (χ0) is 16.5. The number of nitrogens with zero attached hydrogens (tertiary/aromatic N) is 2. The molecule has 4 rings (SSSR count). The second-order valence-corrected chi connectivity index (χ2v) is 6.85. The Kier molecular flexibility index (Phi) is 2.88. The maximum Gasteiger partial charge on any atom is 0.360 e. The molecule has 1 aromatic rings. The highest BCUT2D eigenvalue weighted by Gasteiger charge is 2.94. The van der Waals surface area contributed by atoms with Gasteiger partial charge >= 0.3 is 5.97 Å². The van der Waals surface area contributed by atoms with Gasteiger partial charge in [-0.3, -0.25) is 0 Å². The first-order chi connectivity index (χ1) is 10.9. The summed E-state index contributed by atoms with van der Waals surface area (Å²) in [7, 11) is 0. The zero-order valence-corrected chi connectivity index (χ0v) is 13.3. The Bertz CT molecular complexity index is 652. The molecular formula is C16H20F2N2O3. The molecule has 2 heterocycles. The number of carbonyl (C=O) groups is 1. The summed E-state index contributed by atoms with van der Waals surface area (Å²) in [5.74, 6) is -2.62. The smallest absolute Gasteiger partial charge is 0.360 e. The van der Waals surface area contributed by atoms with Gasteiger partial charge in [0.15, 0.2) is 5.69 Å². The lowest BCUT2D eigenvalue weighted by molar-refractivity contribution is 0.0464. The van der Waals surface area contributed by atoms with E-state index in [1.807, 2.05) is 4.90 Å². The van der Waals surface area contributed by atoms with Crippen LogP contribution in [-0.2, 0) is 4.74 Å². The first-order valence-corrected chi connectivity index (χ1v) is 8.16. The second-order valence-electron chi connectivity index (χ2n) is 6.85. The summed E-state index contributed by atoms with van der Waals surface area (Å²) in [6.07, 6.45) is 2.22. The van der Waals surface area contributed by atoms with Gasteiger partial charge in [-0.1, -0.05) is 0 Å². The van der Waals surface area contributed by atoms with E-state index in [0.29, 0.717) is 50.5 Å². The van der Waals surface area contributed by atoms with Crippen LogP contribution in [0.4, 0.5) is 14.8 Å². The van der Waals surface area contributed by atoms with Crippen LogP contribution in [0.1, 0.15) is 48.9 Å². The lowest BCUT2D eigenvalue weighted by Crippen LogP contribution is -2.37. The van der Waals surface area contributed by atoms with Crippen LogP contribution in [0.15, 0.2) is 4.42 Å². The molecule has 2 spiro atoms. The van der Waals surface area contributed by atoms with Crippen molar-refractivity contribution >= 4 is 12.0 Å². The van der Waals surface area contributed by atoms with Gasteiger partial charge in [0.25, 0.3) is 11.9 Å². The summed E-state index contributed by atoms with van der Waals surface area (Å²) < 4.78 is 38.9. The Labute approximate surface area is 133 Å². The number of fused-ring (bicyclic) bond motifs is 1. The predicted octanol–water partition coefficient (Wildman–Crippen LogP) is 3.18. The van der Waals surface area contributed by atoms with E-state index in [1.54, 1.807) is 13.8 Å². The quantitative estimate of drug-likeness (QED) is 0.799. The third kappa shape index (κ3) is 1.71. The van der Waals surface area contributed by atoms with Crippen LogP contribution >= 0.6 is 0 Å². The molecule has 2 saturated carbocycles. The van der Waals surface area contributed by atoms with Crippen molar-refractivity contribution in [1.82, 2.24) is 4.98 Å². The molecule has 0 amide bonds. The normalized spacial score (nSPS) is 25.7. The Hall–Kier alpha value is -1.66. The van der Waals surface area contributed by atoms with Gasteiger partial charge in [0.1, 0.15) is 5.76 Å². The average molecular weight is 326 g/mol. The number of alkyl halides is 2. The number of esters is 1. The average Bonchev–Trinajstić information content (AvgIpc) is 3.34. The van der Waals surface area contributed by atoms with Crippen LogP contribution in [0.2, 0.25) is 0 Å². The largest absolute Gasteiger partial charge is 0.461 e. The molecular weight excluding hydrogens is 306 g/mol. The number of ether oxygens (including phenoxy) is 1. The van der Waals surface area contributed by atoms with Crippen molar-refractivity contribution in [3.63, 3.8) is 0 Å². The van der Waals surface area contributed by atoms with Crippen molar-refractivity contribution in [2.75, 3.05) is 24.6 Å². The van der Waals surface area contributed by atoms with Crippen LogP contribution in [0, 0.1) is 17.8 Å². The van der Waals surface area contributed by atoms with Crippen LogP contribution in [0.3, 0.4) is 0 Å². The summed E-state index contributed by atoms with van der Waals surface area (Å²) in [4.78, 5) is 17.8. The topological polar surface area (TPSA) is 55.6 Å². The number of hydrogen-bond donors (Lipinski definition) is 0. The van der Waals surface area contributed by atoms with Crippen molar-refractivity contribution in [3.8, 4) is 0 Å². The Morgan fingerprint density at radius 2 is 1.87 bits per heavy atom. The molecule has 5 nitrogen and oxygen atoms in total. The number of anilines is 1. The molecule has 3 fully saturated rings. The minimum absolute atomic E-state index is 0.164.